The third kappa shape index (κ3) is 5.73. The quantitative estimate of drug-likeness (QED) is 0.153. The Kier molecular flexibility index (Phi) is 8.25. The van der Waals surface area contributed by atoms with E-state index < -0.39 is 0 Å². The zero-order valence-corrected chi connectivity index (χ0v) is 34.9. The molecule has 64 heavy (non-hydrogen) atoms. The number of nitrogens with zero attached hydrogens (tertiary/aromatic N) is 1. The van der Waals surface area contributed by atoms with Gasteiger partial charge in [-0.25, -0.2) is 0 Å². The van der Waals surface area contributed by atoms with Crippen LogP contribution in [0, 0.1) is 0 Å². The third-order valence-electron chi connectivity index (χ3n) is 13.2. The standard InChI is InChI=1S/C62H39NO/c1-2-16-41(17-3-1)47-33-36-60(50-23-9-8-22-49(47)50)64-62-53-26-12-10-24-51(53)61(52-25-11-13-27-54(52)62)46-32-35-59-56(39-46)55-38-45(44-30-29-40-15-4-5-19-43(40)37-44)31-34-58(55)63(59)57-28-14-20-42-18-6-7-21-48(42)57/h1-39H. The Balaban J connectivity index is 1.03. The van der Waals surface area contributed by atoms with E-state index in [2.05, 4.69) is 241 Å². The lowest BCUT2D eigenvalue weighted by Gasteiger charge is -2.19. The predicted molar refractivity (Wildman–Crippen MR) is 271 cm³/mol. The molecular formula is C62H39NO. The van der Waals surface area contributed by atoms with Crippen LogP contribution in [0.2, 0.25) is 0 Å². The number of hydrogen-bond acceptors (Lipinski definition) is 1. The van der Waals surface area contributed by atoms with Crippen LogP contribution in [-0.2, 0) is 0 Å². The van der Waals surface area contributed by atoms with Crippen LogP contribution in [0.15, 0.2) is 237 Å². The fraction of sp³-hybridized carbons (Fsp3) is 0. The molecule has 12 aromatic carbocycles. The van der Waals surface area contributed by atoms with Crippen molar-refractivity contribution >= 4 is 75.7 Å². The molecule has 0 bridgehead atoms. The molecule has 0 saturated heterocycles. The minimum absolute atomic E-state index is 0.836. The molecule has 0 N–H and O–H groups in total. The van der Waals surface area contributed by atoms with Gasteiger partial charge in [0.15, 0.2) is 0 Å². The van der Waals surface area contributed by atoms with Gasteiger partial charge in [-0.05, 0) is 108 Å². The first-order valence-electron chi connectivity index (χ1n) is 22.0. The molecule has 0 saturated carbocycles. The van der Waals surface area contributed by atoms with Crippen molar-refractivity contribution in [3.63, 3.8) is 0 Å². The zero-order chi connectivity index (χ0) is 42.1. The Morgan fingerprint density at radius 1 is 0.281 bits per heavy atom. The fourth-order valence-corrected chi connectivity index (χ4v) is 10.2. The average Bonchev–Trinajstić information content (AvgIpc) is 3.69. The number of benzene rings is 12. The van der Waals surface area contributed by atoms with E-state index in [1.807, 2.05) is 0 Å². The second-order valence-electron chi connectivity index (χ2n) is 16.8. The Bertz CT molecular complexity index is 3930. The summed E-state index contributed by atoms with van der Waals surface area (Å²) in [5.41, 5.74) is 10.7. The highest BCUT2D eigenvalue weighted by atomic mass is 16.5. The minimum atomic E-state index is 0.836. The predicted octanol–water partition coefficient (Wildman–Crippen LogP) is 17.3. The van der Waals surface area contributed by atoms with E-state index in [0.29, 0.717) is 0 Å². The van der Waals surface area contributed by atoms with E-state index in [1.165, 1.54) is 76.9 Å². The molecule has 1 heterocycles. The van der Waals surface area contributed by atoms with Gasteiger partial charge in [0.1, 0.15) is 11.5 Å². The number of rotatable bonds is 6. The monoisotopic (exact) mass is 813 g/mol. The summed E-state index contributed by atoms with van der Waals surface area (Å²) in [5.74, 6) is 1.70. The van der Waals surface area contributed by atoms with Gasteiger partial charge in [0.05, 0.1) is 16.7 Å². The molecule has 13 rings (SSSR count). The number of ether oxygens (including phenoxy) is 1. The highest BCUT2D eigenvalue weighted by molar-refractivity contribution is 6.19. The summed E-state index contributed by atoms with van der Waals surface area (Å²) in [5, 5.41) is 14.0. The van der Waals surface area contributed by atoms with Crippen molar-refractivity contribution in [2.45, 2.75) is 0 Å². The first-order valence-corrected chi connectivity index (χ1v) is 22.0. The van der Waals surface area contributed by atoms with Gasteiger partial charge in [-0.3, -0.25) is 0 Å². The van der Waals surface area contributed by atoms with Crippen molar-refractivity contribution in [3.05, 3.63) is 237 Å². The maximum Gasteiger partial charge on any atom is 0.143 e. The largest absolute Gasteiger partial charge is 0.455 e. The van der Waals surface area contributed by atoms with Gasteiger partial charge in [-0.15, -0.1) is 0 Å². The van der Waals surface area contributed by atoms with Crippen LogP contribution in [0.25, 0.3) is 115 Å². The SMILES string of the molecule is c1ccc(-c2ccc(Oc3c4ccccc4c(-c4ccc5c(c4)c4cc(-c6ccc7ccccc7c6)ccc4n5-c4cccc5ccccc45)c4ccccc34)c3ccccc23)cc1. The van der Waals surface area contributed by atoms with E-state index >= 15 is 0 Å². The number of fused-ring (bicyclic) bond motifs is 8. The van der Waals surface area contributed by atoms with Crippen LogP contribution in [0.3, 0.4) is 0 Å². The van der Waals surface area contributed by atoms with Crippen LogP contribution in [0.1, 0.15) is 0 Å². The minimum Gasteiger partial charge on any atom is -0.455 e. The molecule has 2 heteroatoms. The maximum atomic E-state index is 7.19. The Morgan fingerprint density at radius 3 is 1.55 bits per heavy atom. The number of aromatic nitrogens is 1. The van der Waals surface area contributed by atoms with Gasteiger partial charge in [0, 0.05) is 32.3 Å². The molecule has 13 aromatic rings. The summed E-state index contributed by atoms with van der Waals surface area (Å²) in [4.78, 5) is 0. The highest BCUT2D eigenvalue weighted by Crippen LogP contribution is 2.48. The van der Waals surface area contributed by atoms with E-state index in [0.717, 1.165) is 49.4 Å². The molecular weight excluding hydrogens is 775 g/mol. The van der Waals surface area contributed by atoms with E-state index in [-0.39, 0.29) is 0 Å². The molecule has 1 aromatic heterocycles. The number of hydrogen-bond donors (Lipinski definition) is 0. The van der Waals surface area contributed by atoms with Gasteiger partial charge in [-0.2, -0.15) is 0 Å². The fourth-order valence-electron chi connectivity index (χ4n) is 10.2. The van der Waals surface area contributed by atoms with Crippen LogP contribution in [0.4, 0.5) is 0 Å². The molecule has 0 unspecified atom stereocenters. The third-order valence-corrected chi connectivity index (χ3v) is 13.2. The summed E-state index contributed by atoms with van der Waals surface area (Å²) in [6.07, 6.45) is 0. The van der Waals surface area contributed by atoms with Crippen molar-refractivity contribution in [2.75, 3.05) is 0 Å². The highest BCUT2D eigenvalue weighted by Gasteiger charge is 2.21. The lowest BCUT2D eigenvalue weighted by atomic mass is 9.90. The summed E-state index contributed by atoms with van der Waals surface area (Å²) in [6, 6.07) is 85.8. The van der Waals surface area contributed by atoms with Gasteiger partial charge >= 0.3 is 0 Å². The molecule has 0 fully saturated rings. The molecule has 0 aliphatic heterocycles. The van der Waals surface area contributed by atoms with Gasteiger partial charge in [0.2, 0.25) is 0 Å². The van der Waals surface area contributed by atoms with Crippen molar-refractivity contribution in [3.8, 4) is 50.6 Å². The first-order chi connectivity index (χ1) is 31.7. The van der Waals surface area contributed by atoms with Gasteiger partial charge < -0.3 is 9.30 Å². The Morgan fingerprint density at radius 2 is 0.812 bits per heavy atom. The molecule has 2 nitrogen and oxygen atoms in total. The normalized spacial score (nSPS) is 11.8. The molecule has 0 spiro atoms. The molecule has 0 aliphatic carbocycles. The lowest BCUT2D eigenvalue weighted by Crippen LogP contribution is -1.95. The van der Waals surface area contributed by atoms with Gasteiger partial charge in [-0.1, -0.05) is 194 Å². The first kappa shape index (κ1) is 36.2. The second kappa shape index (κ2) is 14.6. The second-order valence-corrected chi connectivity index (χ2v) is 16.8. The zero-order valence-electron chi connectivity index (χ0n) is 34.9. The molecule has 0 aliphatic rings. The summed E-state index contributed by atoms with van der Waals surface area (Å²) < 4.78 is 9.65. The summed E-state index contributed by atoms with van der Waals surface area (Å²) in [7, 11) is 0. The molecule has 298 valence electrons. The molecule has 0 amide bonds. The van der Waals surface area contributed by atoms with E-state index in [1.54, 1.807) is 0 Å². The van der Waals surface area contributed by atoms with E-state index in [4.69, 9.17) is 4.74 Å². The topological polar surface area (TPSA) is 14.2 Å². The van der Waals surface area contributed by atoms with Crippen molar-refractivity contribution in [1.82, 2.24) is 4.57 Å². The van der Waals surface area contributed by atoms with Crippen LogP contribution in [0.5, 0.6) is 11.5 Å². The average molecular weight is 814 g/mol. The smallest absolute Gasteiger partial charge is 0.143 e. The van der Waals surface area contributed by atoms with Gasteiger partial charge in [0.25, 0.3) is 0 Å². The maximum absolute atomic E-state index is 7.19. The molecule has 0 atom stereocenters. The molecule has 0 radical (unpaired) electrons. The summed E-state index contributed by atoms with van der Waals surface area (Å²) >= 11 is 0. The van der Waals surface area contributed by atoms with Crippen molar-refractivity contribution < 1.29 is 4.74 Å². The van der Waals surface area contributed by atoms with E-state index in [9.17, 15) is 0 Å². The Hall–Kier alpha value is -8.46. The van der Waals surface area contributed by atoms with Crippen LogP contribution >= 0.6 is 0 Å². The summed E-state index contributed by atoms with van der Waals surface area (Å²) in [6.45, 7) is 0. The van der Waals surface area contributed by atoms with Crippen LogP contribution < -0.4 is 4.74 Å². The van der Waals surface area contributed by atoms with Crippen LogP contribution in [-0.4, -0.2) is 4.57 Å². The lowest BCUT2D eigenvalue weighted by molar-refractivity contribution is 0.500. The van der Waals surface area contributed by atoms with Crippen molar-refractivity contribution in [2.24, 2.45) is 0 Å². The Labute approximate surface area is 370 Å². The van der Waals surface area contributed by atoms with Crippen molar-refractivity contribution in [1.29, 1.82) is 0 Å².